The van der Waals surface area contributed by atoms with Crippen LogP contribution in [-0.4, -0.2) is 6.54 Å². The van der Waals surface area contributed by atoms with E-state index in [-0.39, 0.29) is 0 Å². The molecule has 0 bridgehead atoms. The van der Waals surface area contributed by atoms with Crippen molar-refractivity contribution in [2.45, 2.75) is 19.3 Å². The Morgan fingerprint density at radius 1 is 1.27 bits per heavy atom. The van der Waals surface area contributed by atoms with E-state index >= 15 is 0 Å². The molecule has 0 saturated carbocycles. The molecule has 1 aromatic carbocycles. The van der Waals surface area contributed by atoms with E-state index in [9.17, 15) is 0 Å². The highest BCUT2D eigenvalue weighted by atomic mass is 79.9. The first-order valence-electron chi connectivity index (χ1n) is 5.49. The number of benzene rings is 1. The summed E-state index contributed by atoms with van der Waals surface area (Å²) in [5.74, 6) is 0.794. The fourth-order valence-electron chi connectivity index (χ4n) is 1.90. The largest absolute Gasteiger partial charge is 0.384 e. The molecule has 15 heavy (non-hydrogen) atoms. The molecule has 1 aromatic rings. The van der Waals surface area contributed by atoms with Crippen LogP contribution in [0.4, 0.5) is 5.69 Å². The van der Waals surface area contributed by atoms with Gasteiger partial charge in [0.15, 0.2) is 0 Å². The topological polar surface area (TPSA) is 12.0 Å². The minimum absolute atomic E-state index is 0.794. The normalized spacial score (nSPS) is 20.2. The van der Waals surface area contributed by atoms with Crippen molar-refractivity contribution >= 4 is 21.6 Å². The van der Waals surface area contributed by atoms with E-state index in [1.165, 1.54) is 24.9 Å². The highest BCUT2D eigenvalue weighted by Gasteiger charge is 2.09. The average molecular weight is 266 g/mol. The molecule has 0 spiro atoms. The van der Waals surface area contributed by atoms with Gasteiger partial charge in [-0.25, -0.2) is 0 Å². The van der Waals surface area contributed by atoms with Gasteiger partial charge < -0.3 is 5.32 Å². The summed E-state index contributed by atoms with van der Waals surface area (Å²) in [7, 11) is 0. The van der Waals surface area contributed by atoms with Crippen LogP contribution in [0, 0.1) is 5.92 Å². The van der Waals surface area contributed by atoms with Gasteiger partial charge in [0.05, 0.1) is 0 Å². The summed E-state index contributed by atoms with van der Waals surface area (Å²) in [5.41, 5.74) is 1.20. The Kier molecular flexibility index (Phi) is 3.84. The molecule has 0 saturated heterocycles. The zero-order chi connectivity index (χ0) is 10.5. The fraction of sp³-hybridized carbons (Fsp3) is 0.385. The monoisotopic (exact) mass is 265 g/mol. The Hall–Kier alpha value is -0.760. The van der Waals surface area contributed by atoms with Crippen LogP contribution in [-0.2, 0) is 0 Å². The number of halogens is 1. The summed E-state index contributed by atoms with van der Waals surface area (Å²) in [5, 5.41) is 3.50. The Bertz CT molecular complexity index is 346. The van der Waals surface area contributed by atoms with E-state index in [1.54, 1.807) is 0 Å². The molecular weight excluding hydrogens is 250 g/mol. The molecule has 0 fully saturated rings. The smallest absolute Gasteiger partial charge is 0.0484 e. The third-order valence-corrected chi connectivity index (χ3v) is 3.52. The van der Waals surface area contributed by atoms with Gasteiger partial charge in [-0.2, -0.15) is 0 Å². The van der Waals surface area contributed by atoms with Crippen LogP contribution in [0.3, 0.4) is 0 Å². The number of nitrogens with one attached hydrogen (secondary N) is 1. The highest BCUT2D eigenvalue weighted by molar-refractivity contribution is 9.10. The quantitative estimate of drug-likeness (QED) is 0.808. The van der Waals surface area contributed by atoms with Gasteiger partial charge in [0.2, 0.25) is 0 Å². The summed E-state index contributed by atoms with van der Waals surface area (Å²) >= 11 is 3.54. The number of anilines is 1. The lowest BCUT2D eigenvalue weighted by Gasteiger charge is -2.19. The molecule has 0 heterocycles. The first kappa shape index (κ1) is 10.7. The minimum atomic E-state index is 0.794. The summed E-state index contributed by atoms with van der Waals surface area (Å²) in [6.45, 7) is 1.08. The van der Waals surface area contributed by atoms with Crippen LogP contribution in [0.2, 0.25) is 0 Å². The Morgan fingerprint density at radius 2 is 2.13 bits per heavy atom. The van der Waals surface area contributed by atoms with Gasteiger partial charge in [-0.05, 0) is 53.2 Å². The third kappa shape index (κ3) is 3.10. The van der Waals surface area contributed by atoms with Crippen LogP contribution in [0.1, 0.15) is 19.3 Å². The lowest BCUT2D eigenvalue weighted by atomic mass is 9.94. The molecule has 2 rings (SSSR count). The van der Waals surface area contributed by atoms with Crippen molar-refractivity contribution in [3.8, 4) is 0 Å². The molecule has 1 aliphatic carbocycles. The molecule has 0 radical (unpaired) electrons. The molecule has 1 N–H and O–H groups in total. The maximum atomic E-state index is 3.54. The van der Waals surface area contributed by atoms with Gasteiger partial charge in [-0.3, -0.25) is 0 Å². The van der Waals surface area contributed by atoms with Crippen LogP contribution in [0.25, 0.3) is 0 Å². The van der Waals surface area contributed by atoms with Crippen molar-refractivity contribution in [3.05, 3.63) is 40.9 Å². The van der Waals surface area contributed by atoms with Gasteiger partial charge >= 0.3 is 0 Å². The standard InChI is InChI=1S/C13H16BrN/c14-12-8-4-5-9-13(12)15-10-11-6-2-1-3-7-11/h1-2,4-5,8-9,11,15H,3,6-7,10H2. The zero-order valence-electron chi connectivity index (χ0n) is 8.75. The second kappa shape index (κ2) is 5.36. The predicted octanol–water partition coefficient (Wildman–Crippen LogP) is 4.22. The molecule has 2 heteroatoms. The van der Waals surface area contributed by atoms with E-state index < -0.39 is 0 Å². The second-order valence-corrected chi connectivity index (χ2v) is 4.87. The first-order valence-corrected chi connectivity index (χ1v) is 6.29. The van der Waals surface area contributed by atoms with E-state index in [4.69, 9.17) is 0 Å². The first-order chi connectivity index (χ1) is 7.36. The lowest BCUT2D eigenvalue weighted by molar-refractivity contribution is 0.504. The number of rotatable bonds is 3. The number of hydrogen-bond acceptors (Lipinski definition) is 1. The van der Waals surface area contributed by atoms with Crippen LogP contribution in [0.15, 0.2) is 40.9 Å². The Balaban J connectivity index is 1.87. The summed E-state index contributed by atoms with van der Waals surface area (Å²) in [6, 6.07) is 8.29. The molecular formula is C13H16BrN. The zero-order valence-corrected chi connectivity index (χ0v) is 10.3. The highest BCUT2D eigenvalue weighted by Crippen LogP contribution is 2.23. The maximum absolute atomic E-state index is 3.54. The molecule has 0 amide bonds. The molecule has 1 aliphatic rings. The van der Waals surface area contributed by atoms with Gasteiger partial charge in [0.25, 0.3) is 0 Å². The third-order valence-electron chi connectivity index (χ3n) is 2.83. The van der Waals surface area contributed by atoms with Crippen LogP contribution >= 0.6 is 15.9 Å². The minimum Gasteiger partial charge on any atom is -0.384 e. The second-order valence-electron chi connectivity index (χ2n) is 4.01. The van der Waals surface area contributed by atoms with Crippen molar-refractivity contribution in [2.75, 3.05) is 11.9 Å². The molecule has 1 unspecified atom stereocenters. The van der Waals surface area contributed by atoms with Gasteiger partial charge in [-0.15, -0.1) is 0 Å². The van der Waals surface area contributed by atoms with E-state index in [1.807, 2.05) is 6.07 Å². The molecule has 0 aromatic heterocycles. The fourth-order valence-corrected chi connectivity index (χ4v) is 2.33. The molecule has 1 atom stereocenters. The lowest BCUT2D eigenvalue weighted by Crippen LogP contribution is -2.15. The number of allylic oxidation sites excluding steroid dienone is 2. The van der Waals surface area contributed by atoms with Gasteiger partial charge in [0, 0.05) is 16.7 Å². The average Bonchev–Trinajstić information content (AvgIpc) is 2.29. The molecule has 1 nitrogen and oxygen atoms in total. The maximum Gasteiger partial charge on any atom is 0.0484 e. The van der Waals surface area contributed by atoms with E-state index in [0.717, 1.165) is 16.9 Å². The van der Waals surface area contributed by atoms with E-state index in [0.29, 0.717) is 0 Å². The van der Waals surface area contributed by atoms with Crippen molar-refractivity contribution in [3.63, 3.8) is 0 Å². The predicted molar refractivity (Wildman–Crippen MR) is 69.1 cm³/mol. The molecule has 80 valence electrons. The van der Waals surface area contributed by atoms with E-state index in [2.05, 4.69) is 51.6 Å². The van der Waals surface area contributed by atoms with Crippen LogP contribution < -0.4 is 5.32 Å². The van der Waals surface area contributed by atoms with Gasteiger partial charge in [0.1, 0.15) is 0 Å². The van der Waals surface area contributed by atoms with Crippen molar-refractivity contribution in [2.24, 2.45) is 5.92 Å². The SMILES string of the molecule is Brc1ccccc1NCC1CC=CCC1. The van der Waals surface area contributed by atoms with Crippen molar-refractivity contribution in [1.82, 2.24) is 0 Å². The molecule has 0 aliphatic heterocycles. The Morgan fingerprint density at radius 3 is 2.87 bits per heavy atom. The summed E-state index contributed by atoms with van der Waals surface area (Å²) in [6.07, 6.45) is 8.36. The van der Waals surface area contributed by atoms with Crippen LogP contribution in [0.5, 0.6) is 0 Å². The Labute approximate surface area is 99.7 Å². The summed E-state index contributed by atoms with van der Waals surface area (Å²) in [4.78, 5) is 0. The number of hydrogen-bond donors (Lipinski definition) is 1. The van der Waals surface area contributed by atoms with Crippen molar-refractivity contribution in [1.29, 1.82) is 0 Å². The summed E-state index contributed by atoms with van der Waals surface area (Å²) < 4.78 is 1.15. The number of para-hydroxylation sites is 1. The van der Waals surface area contributed by atoms with Crippen molar-refractivity contribution < 1.29 is 0 Å². The van der Waals surface area contributed by atoms with Gasteiger partial charge in [-0.1, -0.05) is 24.3 Å².